The molecule has 0 radical (unpaired) electrons. The fourth-order valence-electron chi connectivity index (χ4n) is 2.01. The van der Waals surface area contributed by atoms with E-state index in [1.54, 1.807) is 14.2 Å². The second-order valence-corrected chi connectivity index (χ2v) is 4.17. The topological polar surface area (TPSA) is 64.4 Å². The quantitative estimate of drug-likeness (QED) is 0.833. The number of carbonyl (C=O) groups excluding carboxylic acids is 1. The van der Waals surface area contributed by atoms with Gasteiger partial charge in [-0.05, 0) is 37.5 Å². The minimum Gasteiger partial charge on any atom is -0.496 e. The Morgan fingerprint density at radius 3 is 2.41 bits per heavy atom. The van der Waals surface area contributed by atoms with E-state index >= 15 is 0 Å². The van der Waals surface area contributed by atoms with Crippen molar-refractivity contribution in [3.05, 3.63) is 28.3 Å². The summed E-state index contributed by atoms with van der Waals surface area (Å²) < 4.78 is 5.39. The third kappa shape index (κ3) is 2.42. The number of rotatable bonds is 3. The van der Waals surface area contributed by atoms with Crippen LogP contribution in [-0.4, -0.2) is 20.1 Å². The first-order valence-electron chi connectivity index (χ1n) is 5.55. The molecule has 3 N–H and O–H groups in total. The zero-order valence-corrected chi connectivity index (χ0v) is 11.0. The maximum Gasteiger partial charge on any atom is 0.241 e. The monoisotopic (exact) mass is 236 g/mol. The molecule has 4 heteroatoms. The number of likely N-dealkylation sites (N-methyl/N-ethyl adjacent to an activating group) is 1. The van der Waals surface area contributed by atoms with Crippen LogP contribution in [0.15, 0.2) is 6.07 Å². The average Bonchev–Trinajstić information content (AvgIpc) is 2.31. The minimum absolute atomic E-state index is 0.213. The van der Waals surface area contributed by atoms with Crippen LogP contribution in [0.2, 0.25) is 0 Å². The van der Waals surface area contributed by atoms with E-state index in [9.17, 15) is 4.79 Å². The van der Waals surface area contributed by atoms with Gasteiger partial charge < -0.3 is 15.8 Å². The molecule has 0 bridgehead atoms. The molecule has 17 heavy (non-hydrogen) atoms. The number of carbonyl (C=O) groups is 1. The molecule has 0 saturated heterocycles. The molecule has 0 heterocycles. The minimum atomic E-state index is -0.700. The van der Waals surface area contributed by atoms with Gasteiger partial charge in [0.15, 0.2) is 0 Å². The van der Waals surface area contributed by atoms with E-state index in [4.69, 9.17) is 10.5 Å². The first-order valence-corrected chi connectivity index (χ1v) is 5.55. The Hall–Kier alpha value is -1.55. The summed E-state index contributed by atoms with van der Waals surface area (Å²) in [4.78, 5) is 11.6. The van der Waals surface area contributed by atoms with Crippen LogP contribution in [0.5, 0.6) is 5.75 Å². The summed E-state index contributed by atoms with van der Waals surface area (Å²) in [5.74, 6) is 0.494. The average molecular weight is 236 g/mol. The second-order valence-electron chi connectivity index (χ2n) is 4.17. The molecule has 0 spiro atoms. The molecule has 1 amide bonds. The third-order valence-electron chi connectivity index (χ3n) is 3.08. The number of hydrogen-bond donors (Lipinski definition) is 2. The predicted octanol–water partition coefficient (Wildman–Crippen LogP) is 1.37. The molecule has 0 aromatic heterocycles. The molecule has 0 aliphatic carbocycles. The highest BCUT2D eigenvalue weighted by molar-refractivity contribution is 5.84. The number of methoxy groups -OCH3 is 1. The second kappa shape index (κ2) is 5.19. The normalized spacial score (nSPS) is 12.1. The fraction of sp³-hybridized carbons (Fsp3) is 0.462. The number of ether oxygens (including phenoxy) is 1. The van der Waals surface area contributed by atoms with Gasteiger partial charge in [0.1, 0.15) is 11.8 Å². The predicted molar refractivity (Wildman–Crippen MR) is 68.2 cm³/mol. The molecule has 1 aromatic carbocycles. The number of benzene rings is 1. The first kappa shape index (κ1) is 13.5. The van der Waals surface area contributed by atoms with Crippen LogP contribution in [-0.2, 0) is 4.79 Å². The number of hydrogen-bond acceptors (Lipinski definition) is 3. The number of nitrogens with one attached hydrogen (secondary N) is 1. The van der Waals surface area contributed by atoms with Crippen LogP contribution in [0.1, 0.15) is 28.3 Å². The summed E-state index contributed by atoms with van der Waals surface area (Å²) >= 11 is 0. The Morgan fingerprint density at radius 1 is 1.35 bits per heavy atom. The zero-order valence-electron chi connectivity index (χ0n) is 11.0. The molecule has 94 valence electrons. The summed E-state index contributed by atoms with van der Waals surface area (Å²) in [7, 11) is 3.17. The van der Waals surface area contributed by atoms with Crippen LogP contribution < -0.4 is 15.8 Å². The molecule has 1 unspecified atom stereocenters. The maximum absolute atomic E-state index is 11.6. The van der Waals surface area contributed by atoms with Crippen LogP contribution >= 0.6 is 0 Å². The summed E-state index contributed by atoms with van der Waals surface area (Å²) in [6.07, 6.45) is 0. The summed E-state index contributed by atoms with van der Waals surface area (Å²) in [6.45, 7) is 5.92. The van der Waals surface area contributed by atoms with Gasteiger partial charge in [-0.2, -0.15) is 0 Å². The Morgan fingerprint density at radius 2 is 1.94 bits per heavy atom. The van der Waals surface area contributed by atoms with Gasteiger partial charge in [0.05, 0.1) is 7.11 Å². The van der Waals surface area contributed by atoms with Crippen molar-refractivity contribution < 1.29 is 9.53 Å². The molecule has 0 aliphatic heterocycles. The van der Waals surface area contributed by atoms with E-state index in [-0.39, 0.29) is 5.91 Å². The van der Waals surface area contributed by atoms with Crippen molar-refractivity contribution in [1.82, 2.24) is 5.32 Å². The third-order valence-corrected chi connectivity index (χ3v) is 3.08. The van der Waals surface area contributed by atoms with Crippen molar-refractivity contribution >= 4 is 5.91 Å². The van der Waals surface area contributed by atoms with Gasteiger partial charge in [-0.15, -0.1) is 0 Å². The lowest BCUT2D eigenvalue weighted by atomic mass is 9.94. The van der Waals surface area contributed by atoms with E-state index in [1.165, 1.54) is 0 Å². The van der Waals surface area contributed by atoms with Crippen molar-refractivity contribution in [3.63, 3.8) is 0 Å². The largest absolute Gasteiger partial charge is 0.496 e. The van der Waals surface area contributed by atoms with Crippen LogP contribution in [0, 0.1) is 20.8 Å². The number of amides is 1. The molecule has 4 nitrogen and oxygen atoms in total. The van der Waals surface area contributed by atoms with Gasteiger partial charge in [0.25, 0.3) is 0 Å². The molecule has 1 rings (SSSR count). The Kier molecular flexibility index (Phi) is 4.12. The van der Waals surface area contributed by atoms with Crippen LogP contribution in [0.25, 0.3) is 0 Å². The molecular weight excluding hydrogens is 216 g/mol. The Labute approximate surface area is 102 Å². The van der Waals surface area contributed by atoms with E-state index < -0.39 is 6.04 Å². The van der Waals surface area contributed by atoms with Crippen LogP contribution in [0.3, 0.4) is 0 Å². The first-order chi connectivity index (χ1) is 7.93. The van der Waals surface area contributed by atoms with E-state index in [0.717, 1.165) is 22.3 Å². The van der Waals surface area contributed by atoms with Gasteiger partial charge in [-0.1, -0.05) is 6.07 Å². The van der Waals surface area contributed by atoms with E-state index in [0.29, 0.717) is 5.75 Å². The van der Waals surface area contributed by atoms with Crippen molar-refractivity contribution in [1.29, 1.82) is 0 Å². The smallest absolute Gasteiger partial charge is 0.241 e. The lowest BCUT2D eigenvalue weighted by Gasteiger charge is -2.20. The van der Waals surface area contributed by atoms with Crippen molar-refractivity contribution in [2.75, 3.05) is 14.2 Å². The Bertz CT molecular complexity index is 442. The summed E-state index contributed by atoms with van der Waals surface area (Å²) in [5.41, 5.74) is 9.84. The SMILES string of the molecule is CNC(=O)C(N)c1c(C)cc(C)c(C)c1OC. The lowest BCUT2D eigenvalue weighted by Crippen LogP contribution is -2.32. The molecule has 1 aromatic rings. The highest BCUT2D eigenvalue weighted by atomic mass is 16.5. The van der Waals surface area contributed by atoms with Crippen molar-refractivity contribution in [2.45, 2.75) is 26.8 Å². The zero-order chi connectivity index (χ0) is 13.2. The molecule has 1 atom stereocenters. The fourth-order valence-corrected chi connectivity index (χ4v) is 2.01. The van der Waals surface area contributed by atoms with Crippen LogP contribution in [0.4, 0.5) is 0 Å². The molecular formula is C13H20N2O2. The molecule has 0 saturated carbocycles. The van der Waals surface area contributed by atoms with Gasteiger partial charge in [-0.25, -0.2) is 0 Å². The number of aryl methyl sites for hydroxylation is 2. The van der Waals surface area contributed by atoms with Crippen molar-refractivity contribution in [2.24, 2.45) is 5.73 Å². The van der Waals surface area contributed by atoms with E-state index in [2.05, 4.69) is 5.32 Å². The van der Waals surface area contributed by atoms with Gasteiger partial charge in [0.2, 0.25) is 5.91 Å². The number of nitrogens with two attached hydrogens (primary N) is 1. The van der Waals surface area contributed by atoms with E-state index in [1.807, 2.05) is 26.8 Å². The Balaban J connectivity index is 3.41. The molecule has 0 fully saturated rings. The van der Waals surface area contributed by atoms with Gasteiger partial charge in [0, 0.05) is 12.6 Å². The summed E-state index contributed by atoms with van der Waals surface area (Å²) in [6, 6.07) is 1.32. The summed E-state index contributed by atoms with van der Waals surface area (Å²) in [5, 5.41) is 2.56. The maximum atomic E-state index is 11.6. The highest BCUT2D eigenvalue weighted by Crippen LogP contribution is 2.33. The van der Waals surface area contributed by atoms with Crippen molar-refractivity contribution in [3.8, 4) is 5.75 Å². The lowest BCUT2D eigenvalue weighted by molar-refractivity contribution is -0.122. The molecule has 0 aliphatic rings. The standard InChI is InChI=1S/C13H20N2O2/c1-7-6-8(2)10(11(14)13(16)15-4)12(17-5)9(7)3/h6,11H,14H2,1-5H3,(H,15,16). The highest BCUT2D eigenvalue weighted by Gasteiger charge is 2.22. The van der Waals surface area contributed by atoms with Gasteiger partial charge >= 0.3 is 0 Å². The van der Waals surface area contributed by atoms with Gasteiger partial charge in [-0.3, -0.25) is 4.79 Å².